The number of hydrogen-bond acceptors (Lipinski definition) is 5. The van der Waals surface area contributed by atoms with E-state index < -0.39 is 0 Å². The number of ether oxygens (including phenoxy) is 1. The van der Waals surface area contributed by atoms with Gasteiger partial charge in [0.2, 0.25) is 0 Å². The molecule has 5 nitrogen and oxygen atoms in total. The summed E-state index contributed by atoms with van der Waals surface area (Å²) in [6, 6.07) is 4.38. The topological polar surface area (TPSA) is 57.6 Å². The third-order valence-electron chi connectivity index (χ3n) is 3.04. The Kier molecular flexibility index (Phi) is 7.40. The molecule has 0 aliphatic heterocycles. The molecule has 1 aromatic heterocycles. The third kappa shape index (κ3) is 5.14. The average Bonchev–Trinajstić information content (AvgIpc) is 2.44. The van der Waals surface area contributed by atoms with Crippen LogP contribution in [0.4, 0.5) is 5.82 Å². The molecule has 0 saturated carbocycles. The Bertz CT molecular complexity index is 360. The van der Waals surface area contributed by atoms with Crippen molar-refractivity contribution in [1.29, 1.82) is 0 Å². The fourth-order valence-corrected chi connectivity index (χ4v) is 1.96. The largest absolute Gasteiger partial charge is 0.395 e. The number of nitrogens with one attached hydrogen (secondary N) is 1. The summed E-state index contributed by atoms with van der Waals surface area (Å²) in [7, 11) is 1.67. The van der Waals surface area contributed by atoms with Gasteiger partial charge in [0, 0.05) is 32.4 Å². The van der Waals surface area contributed by atoms with Crippen molar-refractivity contribution in [3.8, 4) is 0 Å². The van der Waals surface area contributed by atoms with Crippen LogP contribution in [0.2, 0.25) is 0 Å². The Labute approximate surface area is 115 Å². The van der Waals surface area contributed by atoms with E-state index in [9.17, 15) is 0 Å². The first-order valence-corrected chi connectivity index (χ1v) is 6.77. The molecule has 0 spiro atoms. The van der Waals surface area contributed by atoms with Crippen LogP contribution in [0.25, 0.3) is 0 Å². The fourth-order valence-electron chi connectivity index (χ4n) is 1.96. The molecule has 1 rings (SSSR count). The summed E-state index contributed by atoms with van der Waals surface area (Å²) in [6.45, 7) is 7.18. The maximum absolute atomic E-state index is 9.14. The molecule has 0 saturated heterocycles. The highest BCUT2D eigenvalue weighted by Gasteiger charge is 2.10. The lowest BCUT2D eigenvalue weighted by atomic mass is 10.1. The molecule has 0 bridgehead atoms. The zero-order valence-electron chi connectivity index (χ0n) is 12.1. The van der Waals surface area contributed by atoms with Gasteiger partial charge < -0.3 is 20.1 Å². The lowest BCUT2D eigenvalue weighted by molar-refractivity contribution is 0.202. The van der Waals surface area contributed by atoms with E-state index in [1.165, 1.54) is 5.56 Å². The van der Waals surface area contributed by atoms with E-state index in [2.05, 4.69) is 30.2 Å². The molecule has 0 radical (unpaired) electrons. The SMILES string of the molecule is CCNC(C)c1ccnc(N(CCO)CCOC)c1. The zero-order chi connectivity index (χ0) is 14.1. The van der Waals surface area contributed by atoms with Crippen LogP contribution in [-0.4, -0.2) is 50.0 Å². The van der Waals surface area contributed by atoms with Crippen LogP contribution in [0.15, 0.2) is 18.3 Å². The lowest BCUT2D eigenvalue weighted by Gasteiger charge is -2.23. The van der Waals surface area contributed by atoms with Gasteiger partial charge in [-0.25, -0.2) is 4.98 Å². The third-order valence-corrected chi connectivity index (χ3v) is 3.04. The summed E-state index contributed by atoms with van der Waals surface area (Å²) in [4.78, 5) is 6.42. The van der Waals surface area contributed by atoms with E-state index in [1.807, 2.05) is 17.2 Å². The quantitative estimate of drug-likeness (QED) is 0.704. The van der Waals surface area contributed by atoms with Crippen molar-refractivity contribution < 1.29 is 9.84 Å². The van der Waals surface area contributed by atoms with E-state index in [0.717, 1.165) is 18.9 Å². The minimum atomic E-state index is 0.110. The van der Waals surface area contributed by atoms with E-state index in [4.69, 9.17) is 9.84 Å². The van der Waals surface area contributed by atoms with Gasteiger partial charge in [-0.05, 0) is 31.2 Å². The molecule has 2 N–H and O–H groups in total. The molecule has 0 aromatic carbocycles. The summed E-state index contributed by atoms with van der Waals surface area (Å²) >= 11 is 0. The Hall–Kier alpha value is -1.17. The second-order valence-corrected chi connectivity index (χ2v) is 4.43. The average molecular weight is 267 g/mol. The molecule has 0 amide bonds. The molecule has 0 aliphatic carbocycles. The van der Waals surface area contributed by atoms with E-state index in [-0.39, 0.29) is 6.61 Å². The lowest BCUT2D eigenvalue weighted by Crippen LogP contribution is -2.31. The van der Waals surface area contributed by atoms with Crippen LogP contribution in [0.3, 0.4) is 0 Å². The zero-order valence-corrected chi connectivity index (χ0v) is 12.1. The number of nitrogens with zero attached hydrogens (tertiary/aromatic N) is 2. The van der Waals surface area contributed by atoms with Crippen molar-refractivity contribution >= 4 is 5.82 Å². The Morgan fingerprint density at radius 1 is 1.47 bits per heavy atom. The van der Waals surface area contributed by atoms with Crippen molar-refractivity contribution in [1.82, 2.24) is 10.3 Å². The van der Waals surface area contributed by atoms with Crippen molar-refractivity contribution in [2.45, 2.75) is 19.9 Å². The van der Waals surface area contributed by atoms with Crippen LogP contribution in [0, 0.1) is 0 Å². The van der Waals surface area contributed by atoms with Gasteiger partial charge in [0.15, 0.2) is 0 Å². The van der Waals surface area contributed by atoms with E-state index >= 15 is 0 Å². The van der Waals surface area contributed by atoms with Crippen molar-refractivity contribution in [3.63, 3.8) is 0 Å². The van der Waals surface area contributed by atoms with Gasteiger partial charge in [0.05, 0.1) is 13.2 Å². The number of aliphatic hydroxyl groups excluding tert-OH is 1. The normalized spacial score (nSPS) is 12.4. The molecular weight excluding hydrogens is 242 g/mol. The number of aromatic nitrogens is 1. The smallest absolute Gasteiger partial charge is 0.128 e. The summed E-state index contributed by atoms with van der Waals surface area (Å²) in [5, 5.41) is 12.5. The summed E-state index contributed by atoms with van der Waals surface area (Å²) in [5.74, 6) is 0.883. The minimum Gasteiger partial charge on any atom is -0.395 e. The highest BCUT2D eigenvalue weighted by atomic mass is 16.5. The van der Waals surface area contributed by atoms with Crippen LogP contribution < -0.4 is 10.2 Å². The van der Waals surface area contributed by atoms with Gasteiger partial charge in [-0.15, -0.1) is 0 Å². The summed E-state index contributed by atoms with van der Waals surface area (Å²) < 4.78 is 5.09. The van der Waals surface area contributed by atoms with Crippen LogP contribution in [0.1, 0.15) is 25.5 Å². The molecule has 1 heterocycles. The van der Waals surface area contributed by atoms with Gasteiger partial charge in [0.25, 0.3) is 0 Å². The number of methoxy groups -OCH3 is 1. The molecule has 0 aliphatic rings. The summed E-state index contributed by atoms with van der Waals surface area (Å²) in [5.41, 5.74) is 1.20. The first-order valence-electron chi connectivity index (χ1n) is 6.77. The molecule has 108 valence electrons. The van der Waals surface area contributed by atoms with Crippen molar-refractivity contribution in [3.05, 3.63) is 23.9 Å². The summed E-state index contributed by atoms with van der Waals surface area (Å²) in [6.07, 6.45) is 1.82. The maximum atomic E-state index is 9.14. The second kappa shape index (κ2) is 8.85. The monoisotopic (exact) mass is 267 g/mol. The molecule has 0 fully saturated rings. The minimum absolute atomic E-state index is 0.110. The van der Waals surface area contributed by atoms with E-state index in [0.29, 0.717) is 19.2 Å². The fraction of sp³-hybridized carbons (Fsp3) is 0.643. The van der Waals surface area contributed by atoms with Crippen molar-refractivity contribution in [2.75, 3.05) is 44.9 Å². The Balaban J connectivity index is 2.81. The van der Waals surface area contributed by atoms with Gasteiger partial charge in [-0.3, -0.25) is 0 Å². The predicted octanol–water partition coefficient (Wildman–Crippen LogP) is 1.20. The standard InChI is InChI=1S/C14H25N3O2/c1-4-15-12(2)13-5-6-16-14(11-13)17(7-9-18)8-10-19-3/h5-6,11-12,15,18H,4,7-10H2,1-3H3. The van der Waals surface area contributed by atoms with Crippen LogP contribution >= 0.6 is 0 Å². The molecule has 5 heteroatoms. The number of rotatable bonds is 9. The number of hydrogen-bond donors (Lipinski definition) is 2. The van der Waals surface area contributed by atoms with Gasteiger partial charge >= 0.3 is 0 Å². The highest BCUT2D eigenvalue weighted by Crippen LogP contribution is 2.17. The molecule has 19 heavy (non-hydrogen) atoms. The van der Waals surface area contributed by atoms with Gasteiger partial charge in [-0.2, -0.15) is 0 Å². The molecular formula is C14H25N3O2. The van der Waals surface area contributed by atoms with Gasteiger partial charge in [-0.1, -0.05) is 6.92 Å². The van der Waals surface area contributed by atoms with E-state index in [1.54, 1.807) is 7.11 Å². The number of anilines is 1. The predicted molar refractivity (Wildman–Crippen MR) is 77.5 cm³/mol. The first-order chi connectivity index (χ1) is 9.22. The van der Waals surface area contributed by atoms with Crippen LogP contribution in [-0.2, 0) is 4.74 Å². The highest BCUT2D eigenvalue weighted by molar-refractivity contribution is 5.41. The molecule has 1 aromatic rings. The number of pyridine rings is 1. The Morgan fingerprint density at radius 2 is 2.26 bits per heavy atom. The van der Waals surface area contributed by atoms with Crippen LogP contribution in [0.5, 0.6) is 0 Å². The van der Waals surface area contributed by atoms with Crippen molar-refractivity contribution in [2.24, 2.45) is 0 Å². The van der Waals surface area contributed by atoms with Gasteiger partial charge in [0.1, 0.15) is 5.82 Å². The number of aliphatic hydroxyl groups is 1. The first kappa shape index (κ1) is 15.9. The Morgan fingerprint density at radius 3 is 2.89 bits per heavy atom. The molecule has 1 unspecified atom stereocenters. The second-order valence-electron chi connectivity index (χ2n) is 4.43. The molecule has 1 atom stereocenters. The maximum Gasteiger partial charge on any atom is 0.128 e.